The van der Waals surface area contributed by atoms with E-state index < -0.39 is 23.5 Å². The highest BCUT2D eigenvalue weighted by molar-refractivity contribution is 6.12. The number of esters is 1. The number of carbonyl (C=O) groups is 2. The van der Waals surface area contributed by atoms with E-state index in [0.717, 1.165) is 0 Å². The Balaban J connectivity index is 2.26. The molecule has 17 heavy (non-hydrogen) atoms. The molecule has 0 aromatic heterocycles. The maximum Gasteiger partial charge on any atom is 0.317 e. The first-order valence-electron chi connectivity index (χ1n) is 5.52. The van der Waals surface area contributed by atoms with Gasteiger partial charge >= 0.3 is 5.97 Å². The van der Waals surface area contributed by atoms with E-state index in [0.29, 0.717) is 5.56 Å². The third-order valence-electron chi connectivity index (χ3n) is 2.72. The molecule has 0 N–H and O–H groups in total. The second-order valence-corrected chi connectivity index (χ2v) is 4.38. The molecule has 0 saturated heterocycles. The molecule has 4 heteroatoms. The van der Waals surface area contributed by atoms with Gasteiger partial charge in [0.05, 0.1) is 11.7 Å². The summed E-state index contributed by atoms with van der Waals surface area (Å²) in [6, 6.07) is 4.43. The van der Waals surface area contributed by atoms with Crippen LogP contribution in [0.1, 0.15) is 29.8 Å². The summed E-state index contributed by atoms with van der Waals surface area (Å²) >= 11 is 0. The van der Waals surface area contributed by atoms with Crippen molar-refractivity contribution in [2.24, 2.45) is 5.92 Å². The fourth-order valence-corrected chi connectivity index (χ4v) is 2.01. The van der Waals surface area contributed by atoms with E-state index >= 15 is 0 Å². The Kier molecular flexibility index (Phi) is 2.96. The van der Waals surface area contributed by atoms with Crippen molar-refractivity contribution in [3.05, 3.63) is 35.1 Å². The lowest BCUT2D eigenvalue weighted by atomic mass is 10.1. The van der Waals surface area contributed by atoms with Crippen LogP contribution in [-0.4, -0.2) is 17.9 Å². The van der Waals surface area contributed by atoms with Crippen molar-refractivity contribution in [2.75, 3.05) is 0 Å². The molecule has 0 amide bonds. The normalized spacial score (nSPS) is 18.4. The third-order valence-corrected chi connectivity index (χ3v) is 2.72. The molecule has 1 atom stereocenters. The smallest absolute Gasteiger partial charge is 0.317 e. The summed E-state index contributed by atoms with van der Waals surface area (Å²) in [4.78, 5) is 23.6. The van der Waals surface area contributed by atoms with E-state index in [4.69, 9.17) is 4.74 Å². The molecule has 1 aliphatic rings. The summed E-state index contributed by atoms with van der Waals surface area (Å²) in [5.74, 6) is -2.49. The summed E-state index contributed by atoms with van der Waals surface area (Å²) in [5.41, 5.74) is 0.624. The van der Waals surface area contributed by atoms with Crippen molar-refractivity contribution in [3.8, 4) is 0 Å². The first-order valence-corrected chi connectivity index (χ1v) is 5.52. The summed E-state index contributed by atoms with van der Waals surface area (Å²) in [5, 5.41) is 0. The zero-order valence-corrected chi connectivity index (χ0v) is 9.70. The molecule has 0 radical (unpaired) electrons. The van der Waals surface area contributed by atoms with Gasteiger partial charge in [-0.05, 0) is 31.9 Å². The predicted octanol–water partition coefficient (Wildman–Crippen LogP) is 2.13. The van der Waals surface area contributed by atoms with Crippen molar-refractivity contribution < 1.29 is 18.7 Å². The number of rotatable bonds is 2. The van der Waals surface area contributed by atoms with Gasteiger partial charge in [0.2, 0.25) is 0 Å². The van der Waals surface area contributed by atoms with Gasteiger partial charge in [0.25, 0.3) is 0 Å². The Labute approximate surface area is 98.6 Å². The molecule has 0 heterocycles. The number of hydrogen-bond donors (Lipinski definition) is 0. The van der Waals surface area contributed by atoms with Gasteiger partial charge < -0.3 is 4.74 Å². The highest BCUT2D eigenvalue weighted by atomic mass is 19.1. The molecule has 0 bridgehead atoms. The lowest BCUT2D eigenvalue weighted by molar-refractivity contribution is -0.150. The number of hydrogen-bond acceptors (Lipinski definition) is 3. The Morgan fingerprint density at radius 2 is 2.18 bits per heavy atom. The monoisotopic (exact) mass is 236 g/mol. The van der Waals surface area contributed by atoms with Crippen molar-refractivity contribution in [3.63, 3.8) is 0 Å². The fraction of sp³-hybridized carbons (Fsp3) is 0.385. The Morgan fingerprint density at radius 3 is 2.76 bits per heavy atom. The van der Waals surface area contributed by atoms with Crippen molar-refractivity contribution in [1.29, 1.82) is 0 Å². The summed E-state index contributed by atoms with van der Waals surface area (Å²) in [6.07, 6.45) is -0.0406. The number of carbonyl (C=O) groups excluding carboxylic acids is 2. The Bertz CT molecular complexity index is 480. The van der Waals surface area contributed by atoms with Gasteiger partial charge in [-0.25, -0.2) is 4.39 Å². The van der Waals surface area contributed by atoms with Crippen LogP contribution in [0.15, 0.2) is 18.2 Å². The molecule has 0 fully saturated rings. The zero-order valence-electron chi connectivity index (χ0n) is 9.70. The number of halogens is 1. The minimum Gasteiger partial charge on any atom is -0.462 e. The second-order valence-electron chi connectivity index (χ2n) is 4.38. The minimum atomic E-state index is -0.885. The molecule has 0 saturated carbocycles. The predicted molar refractivity (Wildman–Crippen MR) is 59.2 cm³/mol. The fourth-order valence-electron chi connectivity index (χ4n) is 2.01. The molecule has 3 nitrogen and oxygen atoms in total. The maximum atomic E-state index is 13.5. The number of Topliss-reactive ketones (excluding diaryl/α,β-unsaturated/α-hetero) is 1. The molecule has 1 unspecified atom stereocenters. The van der Waals surface area contributed by atoms with Crippen LogP contribution in [0, 0.1) is 11.7 Å². The van der Waals surface area contributed by atoms with E-state index in [-0.39, 0.29) is 18.1 Å². The van der Waals surface area contributed by atoms with Crippen molar-refractivity contribution in [1.82, 2.24) is 0 Å². The molecule has 1 aromatic rings. The maximum absolute atomic E-state index is 13.5. The second kappa shape index (κ2) is 4.28. The summed E-state index contributed by atoms with van der Waals surface area (Å²) < 4.78 is 18.5. The highest BCUT2D eigenvalue weighted by Gasteiger charge is 2.38. The van der Waals surface area contributed by atoms with E-state index in [2.05, 4.69) is 0 Å². The number of ketones is 1. The number of ether oxygens (including phenoxy) is 1. The minimum absolute atomic E-state index is 0.0400. The Morgan fingerprint density at radius 1 is 1.47 bits per heavy atom. The quantitative estimate of drug-likeness (QED) is 0.583. The topological polar surface area (TPSA) is 43.4 Å². The molecule has 1 aromatic carbocycles. The molecular weight excluding hydrogens is 223 g/mol. The molecule has 2 rings (SSSR count). The van der Waals surface area contributed by atoms with Crippen LogP contribution in [0.2, 0.25) is 0 Å². The van der Waals surface area contributed by atoms with E-state index in [1.54, 1.807) is 19.9 Å². The Hall–Kier alpha value is -1.71. The van der Waals surface area contributed by atoms with Crippen LogP contribution >= 0.6 is 0 Å². The molecule has 1 aliphatic carbocycles. The van der Waals surface area contributed by atoms with Crippen LogP contribution in [-0.2, 0) is 16.0 Å². The third kappa shape index (κ3) is 2.07. The SMILES string of the molecule is CC(C)OC(=O)C1Cc2cccc(F)c2C1=O. The van der Waals surface area contributed by atoms with Crippen molar-refractivity contribution >= 4 is 11.8 Å². The van der Waals surface area contributed by atoms with Gasteiger partial charge in [-0.1, -0.05) is 12.1 Å². The van der Waals surface area contributed by atoms with Gasteiger partial charge in [-0.15, -0.1) is 0 Å². The van der Waals surface area contributed by atoms with Gasteiger partial charge in [0.15, 0.2) is 5.78 Å². The van der Waals surface area contributed by atoms with Crippen LogP contribution in [0.5, 0.6) is 0 Å². The molecule has 0 spiro atoms. The standard InChI is InChI=1S/C13H13FO3/c1-7(2)17-13(16)9-6-8-4-3-5-10(14)11(8)12(9)15/h3-5,7,9H,6H2,1-2H3. The van der Waals surface area contributed by atoms with Crippen LogP contribution in [0.25, 0.3) is 0 Å². The highest BCUT2D eigenvalue weighted by Crippen LogP contribution is 2.29. The summed E-state index contributed by atoms with van der Waals surface area (Å²) in [6.45, 7) is 3.43. The van der Waals surface area contributed by atoms with Crippen LogP contribution in [0.4, 0.5) is 4.39 Å². The lowest BCUT2D eigenvalue weighted by Gasteiger charge is -2.11. The first kappa shape index (κ1) is 11.8. The van der Waals surface area contributed by atoms with Gasteiger partial charge in [0, 0.05) is 0 Å². The molecular formula is C13H13FO3. The van der Waals surface area contributed by atoms with Gasteiger partial charge in [0.1, 0.15) is 11.7 Å². The van der Waals surface area contributed by atoms with E-state index in [1.807, 2.05) is 0 Å². The van der Waals surface area contributed by atoms with E-state index in [9.17, 15) is 14.0 Å². The average molecular weight is 236 g/mol. The number of fused-ring (bicyclic) bond motifs is 1. The summed E-state index contributed by atoms with van der Waals surface area (Å²) in [7, 11) is 0. The largest absolute Gasteiger partial charge is 0.462 e. The molecule has 0 aliphatic heterocycles. The lowest BCUT2D eigenvalue weighted by Crippen LogP contribution is -2.25. The van der Waals surface area contributed by atoms with Gasteiger partial charge in [-0.2, -0.15) is 0 Å². The number of benzene rings is 1. The molecule has 90 valence electrons. The first-order chi connectivity index (χ1) is 8.00. The average Bonchev–Trinajstić information content (AvgIpc) is 2.56. The van der Waals surface area contributed by atoms with Crippen LogP contribution in [0.3, 0.4) is 0 Å². The van der Waals surface area contributed by atoms with Crippen LogP contribution < -0.4 is 0 Å². The van der Waals surface area contributed by atoms with E-state index in [1.165, 1.54) is 12.1 Å². The van der Waals surface area contributed by atoms with Gasteiger partial charge in [-0.3, -0.25) is 9.59 Å². The zero-order chi connectivity index (χ0) is 12.6. The van der Waals surface area contributed by atoms with Crippen molar-refractivity contribution in [2.45, 2.75) is 26.4 Å².